The lowest BCUT2D eigenvalue weighted by atomic mass is 10.0. The Bertz CT molecular complexity index is 1370. The van der Waals surface area contributed by atoms with E-state index in [1.807, 2.05) is 48.5 Å². The van der Waals surface area contributed by atoms with Crippen molar-refractivity contribution in [2.24, 2.45) is 0 Å². The van der Waals surface area contributed by atoms with Crippen molar-refractivity contribution in [3.63, 3.8) is 0 Å². The number of benzene rings is 4. The lowest BCUT2D eigenvalue weighted by molar-refractivity contribution is 0.0526. The van der Waals surface area contributed by atoms with Crippen molar-refractivity contribution in [2.45, 2.75) is 6.92 Å². The van der Waals surface area contributed by atoms with E-state index >= 15 is 0 Å². The Morgan fingerprint density at radius 1 is 0.750 bits per heavy atom. The average Bonchev–Trinajstić information content (AvgIpc) is 3.25. The summed E-state index contributed by atoms with van der Waals surface area (Å²) in [4.78, 5) is 16.8. The van der Waals surface area contributed by atoms with Crippen LogP contribution in [0.25, 0.3) is 39.2 Å². The molecule has 1 heterocycles. The fourth-order valence-electron chi connectivity index (χ4n) is 3.88. The maximum atomic E-state index is 11.9. The number of rotatable bonds is 5. The van der Waals surface area contributed by atoms with E-state index in [1.165, 1.54) is 0 Å². The molecule has 0 unspecified atom stereocenters. The van der Waals surface area contributed by atoms with Crippen molar-refractivity contribution in [2.75, 3.05) is 6.61 Å². The van der Waals surface area contributed by atoms with E-state index in [4.69, 9.17) is 9.72 Å². The Labute approximate surface area is 186 Å². The highest BCUT2D eigenvalue weighted by Crippen LogP contribution is 2.30. The van der Waals surface area contributed by atoms with Gasteiger partial charge < -0.3 is 4.74 Å². The van der Waals surface area contributed by atoms with Gasteiger partial charge in [-0.15, -0.1) is 0 Å². The molecule has 0 aliphatic rings. The molecule has 0 bridgehead atoms. The third kappa shape index (κ3) is 3.67. The molecule has 0 atom stereocenters. The molecule has 0 saturated heterocycles. The molecule has 0 aliphatic carbocycles. The fraction of sp³-hybridized carbons (Fsp3) is 0.0714. The van der Waals surface area contributed by atoms with Crippen LogP contribution < -0.4 is 0 Å². The molecule has 1 aromatic heterocycles. The van der Waals surface area contributed by atoms with Gasteiger partial charge >= 0.3 is 5.97 Å². The quantitative estimate of drug-likeness (QED) is 0.305. The third-order valence-electron chi connectivity index (χ3n) is 5.45. The van der Waals surface area contributed by atoms with Crippen molar-refractivity contribution in [1.29, 1.82) is 0 Å². The molecule has 0 aliphatic heterocycles. The summed E-state index contributed by atoms with van der Waals surface area (Å²) in [6.07, 6.45) is 0. The number of imidazole rings is 1. The maximum absolute atomic E-state index is 11.9. The van der Waals surface area contributed by atoms with Crippen LogP contribution in [0.15, 0.2) is 103 Å². The van der Waals surface area contributed by atoms with Crippen LogP contribution in [0.4, 0.5) is 0 Å². The summed E-state index contributed by atoms with van der Waals surface area (Å²) in [5, 5.41) is 0. The first kappa shape index (κ1) is 19.8. The molecule has 5 rings (SSSR count). The van der Waals surface area contributed by atoms with Crippen molar-refractivity contribution in [3.05, 3.63) is 109 Å². The van der Waals surface area contributed by atoms with Crippen molar-refractivity contribution < 1.29 is 9.53 Å². The van der Waals surface area contributed by atoms with Crippen LogP contribution in [0, 0.1) is 0 Å². The van der Waals surface area contributed by atoms with Crippen LogP contribution in [-0.2, 0) is 4.74 Å². The number of para-hydroxylation sites is 3. The first-order chi connectivity index (χ1) is 15.7. The Morgan fingerprint density at radius 2 is 1.34 bits per heavy atom. The Balaban J connectivity index is 1.52. The Hall–Kier alpha value is -4.18. The van der Waals surface area contributed by atoms with Crippen LogP contribution >= 0.6 is 0 Å². The van der Waals surface area contributed by atoms with Crippen LogP contribution in [0.2, 0.25) is 0 Å². The van der Waals surface area contributed by atoms with Gasteiger partial charge in [0, 0.05) is 11.3 Å². The predicted octanol–water partition coefficient (Wildman–Crippen LogP) is 6.54. The molecule has 0 amide bonds. The summed E-state index contributed by atoms with van der Waals surface area (Å²) in [6.45, 7) is 2.18. The van der Waals surface area contributed by atoms with Crippen molar-refractivity contribution in [1.82, 2.24) is 9.55 Å². The SMILES string of the molecule is CCOC(=O)c1ccc(-c2ccc(-c3nc4ccccc4n3-c3ccccc3)cc2)cc1. The first-order valence-electron chi connectivity index (χ1n) is 10.7. The van der Waals surface area contributed by atoms with E-state index in [0.717, 1.165) is 39.2 Å². The second-order valence-electron chi connectivity index (χ2n) is 7.47. The summed E-state index contributed by atoms with van der Waals surface area (Å²) in [5.41, 5.74) is 6.83. The number of hydrogen-bond donors (Lipinski definition) is 0. The first-order valence-corrected chi connectivity index (χ1v) is 10.7. The second-order valence-corrected chi connectivity index (χ2v) is 7.47. The van der Waals surface area contributed by atoms with Crippen LogP contribution in [0.5, 0.6) is 0 Å². The summed E-state index contributed by atoms with van der Waals surface area (Å²) in [5.74, 6) is 0.607. The van der Waals surface area contributed by atoms with Crippen molar-refractivity contribution in [3.8, 4) is 28.2 Å². The monoisotopic (exact) mass is 418 g/mol. The van der Waals surface area contributed by atoms with E-state index in [9.17, 15) is 4.79 Å². The molecule has 0 spiro atoms. The van der Waals surface area contributed by atoms with Gasteiger partial charge in [-0.25, -0.2) is 9.78 Å². The number of esters is 1. The highest BCUT2D eigenvalue weighted by Gasteiger charge is 2.14. The second kappa shape index (κ2) is 8.52. The minimum atomic E-state index is -0.297. The molecular formula is C28H22N2O2. The molecule has 0 radical (unpaired) electrons. The lowest BCUT2D eigenvalue weighted by Crippen LogP contribution is -2.03. The lowest BCUT2D eigenvalue weighted by Gasteiger charge is -2.10. The number of hydrogen-bond acceptors (Lipinski definition) is 3. The standard InChI is InChI=1S/C28H22N2O2/c1-2-32-28(31)23-18-14-21(15-19-23)20-12-16-22(17-13-20)27-29-25-10-6-7-11-26(25)30(27)24-8-4-3-5-9-24/h3-19H,2H2,1H3. The van der Waals surface area contributed by atoms with Crippen LogP contribution in [0.3, 0.4) is 0 Å². The Kier molecular flexibility index (Phi) is 5.26. The molecular weight excluding hydrogens is 396 g/mol. The van der Waals surface area contributed by atoms with E-state index in [-0.39, 0.29) is 5.97 Å². The number of aromatic nitrogens is 2. The summed E-state index contributed by atoms with van der Waals surface area (Å²) in [6, 6.07) is 34.3. The predicted molar refractivity (Wildman–Crippen MR) is 128 cm³/mol. The molecule has 4 heteroatoms. The van der Waals surface area contributed by atoms with Gasteiger partial charge in [-0.05, 0) is 54.4 Å². The largest absolute Gasteiger partial charge is 0.462 e. The molecule has 32 heavy (non-hydrogen) atoms. The Morgan fingerprint density at radius 3 is 2.03 bits per heavy atom. The highest BCUT2D eigenvalue weighted by atomic mass is 16.5. The van der Waals surface area contributed by atoms with Gasteiger partial charge in [0.05, 0.1) is 23.2 Å². The van der Waals surface area contributed by atoms with E-state index in [1.54, 1.807) is 19.1 Å². The van der Waals surface area contributed by atoms with Gasteiger partial charge in [0.1, 0.15) is 5.82 Å². The molecule has 0 fully saturated rings. The molecule has 156 valence electrons. The average molecular weight is 418 g/mol. The van der Waals surface area contributed by atoms with Gasteiger partial charge in [-0.1, -0.05) is 66.7 Å². The molecule has 5 aromatic rings. The molecule has 0 N–H and O–H groups in total. The van der Waals surface area contributed by atoms with Gasteiger partial charge in [-0.3, -0.25) is 4.57 Å². The zero-order chi connectivity index (χ0) is 21.9. The van der Waals surface area contributed by atoms with E-state index < -0.39 is 0 Å². The number of fused-ring (bicyclic) bond motifs is 1. The molecule has 4 aromatic carbocycles. The van der Waals surface area contributed by atoms with Gasteiger partial charge in [0.15, 0.2) is 0 Å². The highest BCUT2D eigenvalue weighted by molar-refractivity contribution is 5.90. The third-order valence-corrected chi connectivity index (χ3v) is 5.45. The van der Waals surface area contributed by atoms with Gasteiger partial charge in [-0.2, -0.15) is 0 Å². The summed E-state index contributed by atoms with van der Waals surface area (Å²) >= 11 is 0. The van der Waals surface area contributed by atoms with E-state index in [2.05, 4.69) is 47.0 Å². The topological polar surface area (TPSA) is 44.1 Å². The number of carbonyl (C=O) groups excluding carboxylic acids is 1. The van der Waals surface area contributed by atoms with Crippen molar-refractivity contribution >= 4 is 17.0 Å². The zero-order valence-corrected chi connectivity index (χ0v) is 17.7. The smallest absolute Gasteiger partial charge is 0.338 e. The number of nitrogens with zero attached hydrogens (tertiary/aromatic N) is 2. The number of carbonyl (C=O) groups is 1. The van der Waals surface area contributed by atoms with Crippen LogP contribution in [-0.4, -0.2) is 22.1 Å². The minimum absolute atomic E-state index is 0.297. The maximum Gasteiger partial charge on any atom is 0.338 e. The normalized spacial score (nSPS) is 10.9. The zero-order valence-electron chi connectivity index (χ0n) is 17.7. The summed E-state index contributed by atoms with van der Waals surface area (Å²) < 4.78 is 7.26. The molecule has 4 nitrogen and oxygen atoms in total. The number of ether oxygens (including phenoxy) is 1. The fourth-order valence-corrected chi connectivity index (χ4v) is 3.88. The minimum Gasteiger partial charge on any atom is -0.462 e. The van der Waals surface area contributed by atoms with E-state index in [0.29, 0.717) is 12.2 Å². The van der Waals surface area contributed by atoms with Crippen LogP contribution in [0.1, 0.15) is 17.3 Å². The summed E-state index contributed by atoms with van der Waals surface area (Å²) in [7, 11) is 0. The molecule has 0 saturated carbocycles. The van der Waals surface area contributed by atoms with Gasteiger partial charge in [0.2, 0.25) is 0 Å². The van der Waals surface area contributed by atoms with Gasteiger partial charge in [0.25, 0.3) is 0 Å².